The van der Waals surface area contributed by atoms with Crippen molar-refractivity contribution >= 4 is 17.5 Å². The smallest absolute Gasteiger partial charge is 0.223 e. The lowest BCUT2D eigenvalue weighted by atomic mass is 10.2. The number of ether oxygens (including phenoxy) is 2. The average Bonchev–Trinajstić information content (AvgIpc) is 2.68. The molecule has 0 aliphatic heterocycles. The molecular formula is C21H26N2O4. The largest absolute Gasteiger partial charge is 0.497 e. The van der Waals surface area contributed by atoms with E-state index < -0.39 is 0 Å². The van der Waals surface area contributed by atoms with Crippen molar-refractivity contribution in [1.29, 1.82) is 0 Å². The van der Waals surface area contributed by atoms with Crippen molar-refractivity contribution in [3.63, 3.8) is 0 Å². The first-order chi connectivity index (χ1) is 13.0. The third kappa shape index (κ3) is 6.33. The zero-order chi connectivity index (χ0) is 19.6. The van der Waals surface area contributed by atoms with Crippen LogP contribution in [0.3, 0.4) is 0 Å². The molecule has 0 unspecified atom stereocenters. The fourth-order valence-electron chi connectivity index (χ4n) is 2.60. The molecule has 6 heteroatoms. The van der Waals surface area contributed by atoms with Crippen molar-refractivity contribution in [3.05, 3.63) is 54.1 Å². The van der Waals surface area contributed by atoms with Crippen LogP contribution in [-0.4, -0.2) is 32.1 Å². The molecular weight excluding hydrogens is 344 g/mol. The van der Waals surface area contributed by atoms with Crippen LogP contribution in [0.5, 0.6) is 11.5 Å². The van der Waals surface area contributed by atoms with Gasteiger partial charge in [-0.25, -0.2) is 0 Å². The fraction of sp³-hybridized carbons (Fsp3) is 0.333. The fourth-order valence-corrected chi connectivity index (χ4v) is 2.60. The molecule has 144 valence electrons. The van der Waals surface area contributed by atoms with Gasteiger partial charge in [-0.05, 0) is 48.9 Å². The van der Waals surface area contributed by atoms with Crippen LogP contribution in [0.2, 0.25) is 0 Å². The minimum absolute atomic E-state index is 0.108. The number of amides is 2. The van der Waals surface area contributed by atoms with E-state index in [-0.39, 0.29) is 18.2 Å². The van der Waals surface area contributed by atoms with Crippen molar-refractivity contribution in [1.82, 2.24) is 5.32 Å². The maximum absolute atomic E-state index is 12.1. The van der Waals surface area contributed by atoms with E-state index in [0.717, 1.165) is 22.7 Å². The third-order valence-corrected chi connectivity index (χ3v) is 4.05. The molecule has 0 fully saturated rings. The summed E-state index contributed by atoms with van der Waals surface area (Å²) >= 11 is 0. The van der Waals surface area contributed by atoms with Crippen molar-refractivity contribution in [3.8, 4) is 11.5 Å². The zero-order valence-electron chi connectivity index (χ0n) is 16.0. The summed E-state index contributed by atoms with van der Waals surface area (Å²) in [5, 5.41) is 2.87. The van der Waals surface area contributed by atoms with Gasteiger partial charge < -0.3 is 19.7 Å². The second kappa shape index (κ2) is 10.2. The minimum atomic E-state index is -0.109. The van der Waals surface area contributed by atoms with E-state index in [1.54, 1.807) is 12.0 Å². The van der Waals surface area contributed by atoms with Gasteiger partial charge in [0.1, 0.15) is 11.5 Å². The summed E-state index contributed by atoms with van der Waals surface area (Å²) in [4.78, 5) is 25.7. The normalized spacial score (nSPS) is 10.2. The minimum Gasteiger partial charge on any atom is -0.497 e. The Morgan fingerprint density at radius 3 is 2.19 bits per heavy atom. The van der Waals surface area contributed by atoms with Crippen LogP contribution >= 0.6 is 0 Å². The third-order valence-electron chi connectivity index (χ3n) is 4.05. The number of anilines is 1. The maximum atomic E-state index is 12.1. The zero-order valence-corrected chi connectivity index (χ0v) is 16.0. The Balaban J connectivity index is 1.86. The van der Waals surface area contributed by atoms with Gasteiger partial charge in [-0.15, -0.1) is 0 Å². The van der Waals surface area contributed by atoms with Crippen LogP contribution in [0.25, 0.3) is 0 Å². The van der Waals surface area contributed by atoms with Gasteiger partial charge in [-0.3, -0.25) is 9.59 Å². The van der Waals surface area contributed by atoms with E-state index in [0.29, 0.717) is 19.7 Å². The summed E-state index contributed by atoms with van der Waals surface area (Å²) < 4.78 is 10.5. The Bertz CT molecular complexity index is 742. The number of carbonyl (C=O) groups excluding carboxylic acids is 2. The highest BCUT2D eigenvalue weighted by Crippen LogP contribution is 2.20. The van der Waals surface area contributed by atoms with Crippen molar-refractivity contribution < 1.29 is 19.1 Å². The number of hydrogen-bond donors (Lipinski definition) is 1. The number of methoxy groups -OCH3 is 1. The van der Waals surface area contributed by atoms with Gasteiger partial charge in [0.25, 0.3) is 0 Å². The van der Waals surface area contributed by atoms with Gasteiger partial charge in [0.15, 0.2) is 0 Å². The molecule has 2 amide bonds. The van der Waals surface area contributed by atoms with Crippen molar-refractivity contribution in [2.45, 2.75) is 26.8 Å². The van der Waals surface area contributed by atoms with E-state index >= 15 is 0 Å². The molecule has 0 atom stereocenters. The molecule has 2 rings (SSSR count). The molecule has 27 heavy (non-hydrogen) atoms. The second-order valence-electron chi connectivity index (χ2n) is 5.97. The number of benzene rings is 2. The lowest BCUT2D eigenvalue weighted by Crippen LogP contribution is -2.33. The molecule has 0 aromatic heterocycles. The molecule has 6 nitrogen and oxygen atoms in total. The molecule has 0 heterocycles. The number of rotatable bonds is 9. The van der Waals surface area contributed by atoms with Crippen LogP contribution in [0.1, 0.15) is 25.8 Å². The molecule has 0 bridgehead atoms. The predicted octanol–water partition coefficient (Wildman–Crippen LogP) is 3.15. The second-order valence-corrected chi connectivity index (χ2v) is 5.97. The number of nitrogens with one attached hydrogen (secondary N) is 1. The van der Waals surface area contributed by atoms with Crippen LogP contribution in [0.4, 0.5) is 5.69 Å². The lowest BCUT2D eigenvalue weighted by Gasteiger charge is -2.21. The van der Waals surface area contributed by atoms with Crippen LogP contribution < -0.4 is 19.7 Å². The van der Waals surface area contributed by atoms with E-state index in [4.69, 9.17) is 9.47 Å². The summed E-state index contributed by atoms with van der Waals surface area (Å²) in [5.74, 6) is 1.31. The first kappa shape index (κ1) is 20.3. The molecule has 1 N–H and O–H groups in total. The predicted molar refractivity (Wildman–Crippen MR) is 105 cm³/mol. The van der Waals surface area contributed by atoms with Gasteiger partial charge in [-0.2, -0.15) is 0 Å². The summed E-state index contributed by atoms with van der Waals surface area (Å²) in [6, 6.07) is 14.8. The van der Waals surface area contributed by atoms with Crippen molar-refractivity contribution in [2.75, 3.05) is 25.2 Å². The van der Waals surface area contributed by atoms with E-state index in [1.165, 1.54) is 6.92 Å². The molecule has 0 saturated carbocycles. The Morgan fingerprint density at radius 1 is 1.00 bits per heavy atom. The highest BCUT2D eigenvalue weighted by atomic mass is 16.5. The number of hydrogen-bond acceptors (Lipinski definition) is 4. The van der Waals surface area contributed by atoms with Gasteiger partial charge in [-0.1, -0.05) is 12.1 Å². The van der Waals surface area contributed by atoms with E-state index in [9.17, 15) is 9.59 Å². The number of nitrogens with zero attached hydrogens (tertiary/aromatic N) is 1. The molecule has 2 aromatic rings. The van der Waals surface area contributed by atoms with E-state index in [2.05, 4.69) is 5.32 Å². The highest BCUT2D eigenvalue weighted by molar-refractivity contribution is 5.92. The summed E-state index contributed by atoms with van der Waals surface area (Å²) in [6.45, 7) is 4.75. The average molecular weight is 370 g/mol. The molecule has 0 radical (unpaired) electrons. The Labute approximate surface area is 160 Å². The van der Waals surface area contributed by atoms with Gasteiger partial charge in [0, 0.05) is 32.1 Å². The van der Waals surface area contributed by atoms with E-state index in [1.807, 2.05) is 55.5 Å². The Morgan fingerprint density at radius 2 is 1.63 bits per heavy atom. The summed E-state index contributed by atoms with van der Waals surface area (Å²) in [7, 11) is 1.61. The molecule has 0 aliphatic carbocycles. The highest BCUT2D eigenvalue weighted by Gasteiger charge is 2.13. The molecule has 0 aliphatic rings. The Hall–Kier alpha value is -3.02. The van der Waals surface area contributed by atoms with Gasteiger partial charge in [0.2, 0.25) is 11.8 Å². The number of carbonyl (C=O) groups is 2. The van der Waals surface area contributed by atoms with Crippen LogP contribution in [0.15, 0.2) is 48.5 Å². The lowest BCUT2D eigenvalue weighted by molar-refractivity contribution is -0.121. The van der Waals surface area contributed by atoms with Gasteiger partial charge >= 0.3 is 0 Å². The molecule has 2 aromatic carbocycles. The Kier molecular flexibility index (Phi) is 7.67. The standard InChI is InChI=1S/C21H26N2O4/c1-4-27-20-11-7-18(8-12-20)23(16(2)24)14-13-21(25)22-15-17-5-9-19(26-3)10-6-17/h5-12H,4,13-15H2,1-3H3,(H,22,25). The monoisotopic (exact) mass is 370 g/mol. The summed E-state index contributed by atoms with van der Waals surface area (Å²) in [5.41, 5.74) is 1.73. The SMILES string of the molecule is CCOc1ccc(N(CCC(=O)NCc2ccc(OC)cc2)C(C)=O)cc1. The molecule has 0 spiro atoms. The first-order valence-corrected chi connectivity index (χ1v) is 8.94. The maximum Gasteiger partial charge on any atom is 0.223 e. The van der Waals surface area contributed by atoms with Crippen LogP contribution in [-0.2, 0) is 16.1 Å². The molecule has 0 saturated heterocycles. The van der Waals surface area contributed by atoms with Crippen LogP contribution in [0, 0.1) is 0 Å². The topological polar surface area (TPSA) is 67.9 Å². The van der Waals surface area contributed by atoms with Gasteiger partial charge in [0.05, 0.1) is 13.7 Å². The quantitative estimate of drug-likeness (QED) is 0.736. The van der Waals surface area contributed by atoms with Crippen molar-refractivity contribution in [2.24, 2.45) is 0 Å². The first-order valence-electron chi connectivity index (χ1n) is 8.94. The summed E-state index contributed by atoms with van der Waals surface area (Å²) in [6.07, 6.45) is 0.225.